The molecule has 6 heteroatoms. The molecular weight excluding hydrogens is 380 g/mol. The fraction of sp³-hybridized carbons (Fsp3) is 0.833. The van der Waals surface area contributed by atoms with E-state index < -0.39 is 6.04 Å². The minimum absolute atomic E-state index is 0.00919. The Bertz CT molecular complexity index is 802. The van der Waals surface area contributed by atoms with Crippen molar-refractivity contribution < 1.29 is 14.5 Å². The smallest absolute Gasteiger partial charge is 0.302 e. The van der Waals surface area contributed by atoms with Crippen molar-refractivity contribution in [1.82, 2.24) is 0 Å². The van der Waals surface area contributed by atoms with Crippen molar-refractivity contribution in [2.75, 3.05) is 0 Å². The SMILES string of the molecule is CC(=O)O[C@H]1CC[C@@]2(C)C(=CC[C@H]3[C@@H]4CC[C@H]([C@@H](CC#N)[N+](=O)[O-])[C@@]4(C)CC[C@@H]32)C1. The van der Waals surface area contributed by atoms with E-state index in [1.807, 2.05) is 0 Å². The molecule has 0 bridgehead atoms. The number of ether oxygens (including phenoxy) is 1. The Labute approximate surface area is 179 Å². The van der Waals surface area contributed by atoms with Crippen LogP contribution in [0.4, 0.5) is 0 Å². The zero-order valence-electron chi connectivity index (χ0n) is 18.4. The average Bonchev–Trinajstić information content (AvgIpc) is 3.02. The largest absolute Gasteiger partial charge is 0.462 e. The summed E-state index contributed by atoms with van der Waals surface area (Å²) < 4.78 is 5.52. The topological polar surface area (TPSA) is 93.2 Å². The summed E-state index contributed by atoms with van der Waals surface area (Å²) in [4.78, 5) is 23.0. The van der Waals surface area contributed by atoms with Crippen LogP contribution >= 0.6 is 0 Å². The lowest BCUT2D eigenvalue weighted by Crippen LogP contribution is -2.52. The number of hydrogen-bond donors (Lipinski definition) is 0. The first kappa shape index (κ1) is 21.3. The predicted molar refractivity (Wildman–Crippen MR) is 112 cm³/mol. The molecular formula is C24H34N2O4. The molecule has 3 fully saturated rings. The molecule has 0 aromatic heterocycles. The second-order valence-corrected chi connectivity index (χ2v) is 10.7. The van der Waals surface area contributed by atoms with Gasteiger partial charge in [0.1, 0.15) is 12.5 Å². The molecule has 0 amide bonds. The molecule has 164 valence electrons. The highest BCUT2D eigenvalue weighted by Gasteiger charge is 2.61. The third-order valence-corrected chi connectivity index (χ3v) is 9.50. The highest BCUT2D eigenvalue weighted by molar-refractivity contribution is 5.66. The second-order valence-electron chi connectivity index (χ2n) is 10.7. The molecule has 0 spiro atoms. The van der Waals surface area contributed by atoms with Crippen molar-refractivity contribution >= 4 is 5.97 Å². The van der Waals surface area contributed by atoms with Gasteiger partial charge in [-0.15, -0.1) is 0 Å². The molecule has 0 heterocycles. The molecule has 0 aromatic rings. The number of nitriles is 1. The van der Waals surface area contributed by atoms with Crippen molar-refractivity contribution in [3.8, 4) is 6.07 Å². The number of carbonyl (C=O) groups excluding carboxylic acids is 1. The van der Waals surface area contributed by atoms with Crippen LogP contribution < -0.4 is 0 Å². The van der Waals surface area contributed by atoms with Crippen molar-refractivity contribution in [3.05, 3.63) is 21.8 Å². The van der Waals surface area contributed by atoms with Crippen molar-refractivity contribution in [2.45, 2.75) is 90.7 Å². The Morgan fingerprint density at radius 2 is 2.07 bits per heavy atom. The molecule has 0 radical (unpaired) electrons. The van der Waals surface area contributed by atoms with Gasteiger partial charge in [0.05, 0.1) is 6.07 Å². The lowest BCUT2D eigenvalue weighted by molar-refractivity contribution is -0.535. The van der Waals surface area contributed by atoms with Gasteiger partial charge in [0.15, 0.2) is 0 Å². The Balaban J connectivity index is 1.57. The molecule has 30 heavy (non-hydrogen) atoms. The van der Waals surface area contributed by atoms with E-state index in [-0.39, 0.29) is 40.2 Å². The quantitative estimate of drug-likeness (QED) is 0.277. The highest BCUT2D eigenvalue weighted by atomic mass is 16.6. The lowest BCUT2D eigenvalue weighted by atomic mass is 9.47. The van der Waals surface area contributed by atoms with Gasteiger partial charge in [-0.3, -0.25) is 14.9 Å². The second kappa shape index (κ2) is 7.66. The first-order valence-corrected chi connectivity index (χ1v) is 11.6. The maximum atomic E-state index is 11.7. The molecule has 0 aliphatic heterocycles. The Morgan fingerprint density at radius 3 is 2.73 bits per heavy atom. The van der Waals surface area contributed by atoms with Crippen molar-refractivity contribution in [1.29, 1.82) is 5.26 Å². The van der Waals surface area contributed by atoms with E-state index >= 15 is 0 Å². The summed E-state index contributed by atoms with van der Waals surface area (Å²) in [6, 6.07) is 1.34. The van der Waals surface area contributed by atoms with Crippen LogP contribution in [0.3, 0.4) is 0 Å². The fourth-order valence-electron chi connectivity index (χ4n) is 8.09. The molecule has 4 aliphatic rings. The standard InChI is InChI=1S/C24H34N2O4/c1-15(27)30-17-8-11-23(2)16(14-17)4-5-18-19-6-7-21(22(10-13-25)26(28)29)24(19,3)12-9-20(18)23/h4,17-22H,5-12,14H2,1-3H3/t17-,18-,19-,20-,21+,22+,23-,24-/m0/s1. The minimum Gasteiger partial charge on any atom is -0.462 e. The van der Waals surface area contributed by atoms with Crippen LogP contribution in [0, 0.1) is 55.9 Å². The molecule has 6 nitrogen and oxygen atoms in total. The van der Waals surface area contributed by atoms with Crippen LogP contribution in [0.1, 0.15) is 78.6 Å². The van der Waals surface area contributed by atoms with E-state index in [9.17, 15) is 14.9 Å². The molecule has 8 atom stereocenters. The first-order valence-electron chi connectivity index (χ1n) is 11.6. The molecule has 0 N–H and O–H groups in total. The van der Waals surface area contributed by atoms with Gasteiger partial charge < -0.3 is 4.74 Å². The van der Waals surface area contributed by atoms with Gasteiger partial charge in [0.2, 0.25) is 6.04 Å². The lowest BCUT2D eigenvalue weighted by Gasteiger charge is -2.58. The van der Waals surface area contributed by atoms with Crippen LogP contribution in [-0.2, 0) is 9.53 Å². The van der Waals surface area contributed by atoms with Gasteiger partial charge in [0.25, 0.3) is 0 Å². The van der Waals surface area contributed by atoms with E-state index in [1.54, 1.807) is 0 Å². The summed E-state index contributed by atoms with van der Waals surface area (Å²) in [7, 11) is 0. The zero-order valence-corrected chi connectivity index (χ0v) is 18.4. The summed E-state index contributed by atoms with van der Waals surface area (Å²) in [5, 5.41) is 20.9. The van der Waals surface area contributed by atoms with Gasteiger partial charge in [-0.1, -0.05) is 25.5 Å². The summed E-state index contributed by atoms with van der Waals surface area (Å²) in [5.74, 6) is 1.50. The van der Waals surface area contributed by atoms with E-state index in [1.165, 1.54) is 12.5 Å². The highest BCUT2D eigenvalue weighted by Crippen LogP contribution is 2.66. The van der Waals surface area contributed by atoms with Gasteiger partial charge in [-0.2, -0.15) is 5.26 Å². The zero-order chi connectivity index (χ0) is 21.7. The molecule has 4 aliphatic carbocycles. The van der Waals surface area contributed by atoms with E-state index in [2.05, 4.69) is 26.0 Å². The van der Waals surface area contributed by atoms with Crippen LogP contribution in [0.5, 0.6) is 0 Å². The van der Waals surface area contributed by atoms with E-state index in [0.29, 0.717) is 17.8 Å². The third kappa shape index (κ3) is 3.25. The fourth-order valence-corrected chi connectivity index (χ4v) is 8.09. The number of carbonyl (C=O) groups is 1. The van der Waals surface area contributed by atoms with Crippen LogP contribution in [0.15, 0.2) is 11.6 Å². The normalized spacial score (nSPS) is 43.3. The Hall–Kier alpha value is -1.90. The first-order chi connectivity index (χ1) is 14.2. The van der Waals surface area contributed by atoms with Gasteiger partial charge in [0, 0.05) is 24.2 Å². The number of hydrogen-bond acceptors (Lipinski definition) is 5. The molecule has 0 unspecified atom stereocenters. The van der Waals surface area contributed by atoms with Crippen molar-refractivity contribution in [2.24, 2.45) is 34.5 Å². The van der Waals surface area contributed by atoms with E-state index in [0.717, 1.165) is 51.4 Å². The van der Waals surface area contributed by atoms with Crippen LogP contribution in [0.25, 0.3) is 0 Å². The summed E-state index contributed by atoms with van der Waals surface area (Å²) in [6.07, 6.45) is 10.4. The number of esters is 1. The van der Waals surface area contributed by atoms with Gasteiger partial charge >= 0.3 is 5.97 Å². The maximum Gasteiger partial charge on any atom is 0.302 e. The number of allylic oxidation sites excluding steroid dienone is 1. The summed E-state index contributed by atoms with van der Waals surface area (Å²) in [6.45, 7) is 6.17. The number of nitrogens with zero attached hydrogens (tertiary/aromatic N) is 2. The molecule has 4 rings (SSSR count). The van der Waals surface area contributed by atoms with Gasteiger partial charge in [-0.05, 0) is 73.5 Å². The third-order valence-electron chi connectivity index (χ3n) is 9.50. The molecule has 0 aromatic carbocycles. The molecule has 3 saturated carbocycles. The maximum absolute atomic E-state index is 11.7. The number of fused-ring (bicyclic) bond motifs is 5. The number of rotatable bonds is 4. The monoisotopic (exact) mass is 414 g/mol. The van der Waals surface area contributed by atoms with Gasteiger partial charge in [-0.25, -0.2) is 0 Å². The average molecular weight is 415 g/mol. The molecule has 0 saturated heterocycles. The Kier molecular flexibility index (Phi) is 5.45. The van der Waals surface area contributed by atoms with E-state index in [4.69, 9.17) is 10.00 Å². The summed E-state index contributed by atoms with van der Waals surface area (Å²) in [5.41, 5.74) is 1.59. The minimum atomic E-state index is -0.731. The Morgan fingerprint density at radius 1 is 1.30 bits per heavy atom. The van der Waals surface area contributed by atoms with Crippen molar-refractivity contribution in [3.63, 3.8) is 0 Å². The van der Waals surface area contributed by atoms with Crippen LogP contribution in [0.2, 0.25) is 0 Å². The number of nitro groups is 1. The predicted octanol–water partition coefficient (Wildman–Crippen LogP) is 5.06. The van der Waals surface area contributed by atoms with Crippen LogP contribution in [-0.4, -0.2) is 23.0 Å². The summed E-state index contributed by atoms with van der Waals surface area (Å²) >= 11 is 0.